The van der Waals surface area contributed by atoms with Gasteiger partial charge in [0.25, 0.3) is 0 Å². The number of carbonyl (C=O) groups is 2. The molecule has 0 aliphatic carbocycles. The topological polar surface area (TPSA) is 46.6 Å². The molecular formula is C15H19NO3. The predicted molar refractivity (Wildman–Crippen MR) is 71.7 cm³/mol. The van der Waals surface area contributed by atoms with E-state index in [2.05, 4.69) is 0 Å². The first-order valence-corrected chi connectivity index (χ1v) is 6.72. The average molecular weight is 261 g/mol. The summed E-state index contributed by atoms with van der Waals surface area (Å²) in [6, 6.07) is 9.26. The Balaban J connectivity index is 1.90. The molecule has 4 nitrogen and oxygen atoms in total. The van der Waals surface area contributed by atoms with Crippen molar-refractivity contribution >= 4 is 11.9 Å². The number of hydrogen-bond donors (Lipinski definition) is 0. The van der Waals surface area contributed by atoms with Crippen LogP contribution >= 0.6 is 0 Å². The molecule has 1 aliphatic heterocycles. The monoisotopic (exact) mass is 261 g/mol. The molecule has 1 fully saturated rings. The van der Waals surface area contributed by atoms with Crippen LogP contribution in [0.5, 0.6) is 0 Å². The van der Waals surface area contributed by atoms with E-state index in [1.807, 2.05) is 37.3 Å². The fraction of sp³-hybridized carbons (Fsp3) is 0.467. The number of carbonyl (C=O) groups excluding carboxylic acids is 2. The molecule has 0 saturated carbocycles. The van der Waals surface area contributed by atoms with Gasteiger partial charge >= 0.3 is 6.09 Å². The van der Waals surface area contributed by atoms with Crippen LogP contribution in [0.25, 0.3) is 0 Å². The van der Waals surface area contributed by atoms with Crippen molar-refractivity contribution < 1.29 is 14.3 Å². The summed E-state index contributed by atoms with van der Waals surface area (Å²) in [5, 5.41) is 0. The van der Waals surface area contributed by atoms with Crippen LogP contribution < -0.4 is 0 Å². The number of Topliss-reactive ketones (excluding diaryl/α,β-unsaturated/α-hetero) is 1. The second-order valence-corrected chi connectivity index (χ2v) is 4.71. The lowest BCUT2D eigenvalue weighted by atomic mass is 10.1. The summed E-state index contributed by atoms with van der Waals surface area (Å²) in [6.45, 7) is 2.70. The van der Waals surface area contributed by atoms with Gasteiger partial charge in [-0.05, 0) is 18.4 Å². The Kier molecular flexibility index (Phi) is 4.55. The third-order valence-electron chi connectivity index (χ3n) is 3.41. The van der Waals surface area contributed by atoms with Gasteiger partial charge in [-0.15, -0.1) is 0 Å². The van der Waals surface area contributed by atoms with Crippen molar-refractivity contribution in [2.45, 2.75) is 38.8 Å². The van der Waals surface area contributed by atoms with Crippen LogP contribution in [0.3, 0.4) is 0 Å². The van der Waals surface area contributed by atoms with Crippen LogP contribution in [0.1, 0.15) is 31.7 Å². The van der Waals surface area contributed by atoms with Crippen molar-refractivity contribution in [2.24, 2.45) is 0 Å². The van der Waals surface area contributed by atoms with Crippen molar-refractivity contribution in [3.05, 3.63) is 35.9 Å². The van der Waals surface area contributed by atoms with E-state index in [1.54, 1.807) is 4.90 Å². The molecule has 1 amide bonds. The van der Waals surface area contributed by atoms with Crippen LogP contribution in [0.4, 0.5) is 4.79 Å². The van der Waals surface area contributed by atoms with Crippen LogP contribution in [0.15, 0.2) is 30.3 Å². The zero-order valence-electron chi connectivity index (χ0n) is 11.2. The lowest BCUT2D eigenvalue weighted by molar-refractivity contribution is -0.122. The fourth-order valence-corrected chi connectivity index (χ4v) is 2.36. The summed E-state index contributed by atoms with van der Waals surface area (Å²) in [5.41, 5.74) is 0.952. The lowest BCUT2D eigenvalue weighted by Gasteiger charge is -2.22. The Morgan fingerprint density at radius 1 is 1.32 bits per heavy atom. The van der Waals surface area contributed by atoms with Crippen molar-refractivity contribution in [2.75, 3.05) is 6.54 Å². The lowest BCUT2D eigenvalue weighted by Crippen LogP contribution is -2.40. The van der Waals surface area contributed by atoms with Gasteiger partial charge in [0.15, 0.2) is 5.78 Å². The summed E-state index contributed by atoms with van der Waals surface area (Å²) in [6.07, 6.45) is 1.71. The van der Waals surface area contributed by atoms with Gasteiger partial charge < -0.3 is 4.74 Å². The van der Waals surface area contributed by atoms with Gasteiger partial charge in [-0.3, -0.25) is 9.69 Å². The first-order chi connectivity index (χ1) is 9.22. The van der Waals surface area contributed by atoms with Gasteiger partial charge in [0.05, 0.1) is 6.04 Å². The average Bonchev–Trinajstić information content (AvgIpc) is 2.94. The summed E-state index contributed by atoms with van der Waals surface area (Å²) < 4.78 is 5.27. The summed E-state index contributed by atoms with van der Waals surface area (Å²) in [7, 11) is 0. The number of benzene rings is 1. The second-order valence-electron chi connectivity index (χ2n) is 4.71. The third kappa shape index (κ3) is 3.34. The zero-order chi connectivity index (χ0) is 13.7. The molecule has 0 bridgehead atoms. The smallest absolute Gasteiger partial charge is 0.410 e. The number of amides is 1. The number of ketones is 1. The third-order valence-corrected chi connectivity index (χ3v) is 3.41. The molecular weight excluding hydrogens is 242 g/mol. The number of likely N-dealkylation sites (tertiary alicyclic amines) is 1. The van der Waals surface area contributed by atoms with Gasteiger partial charge in [0.2, 0.25) is 0 Å². The highest BCUT2D eigenvalue weighted by molar-refractivity contribution is 5.87. The molecule has 2 rings (SSSR count). The SMILES string of the molecule is CCC(=O)C1CCCN1C(=O)OCc1ccccc1. The largest absolute Gasteiger partial charge is 0.445 e. The van der Waals surface area contributed by atoms with E-state index in [-0.39, 0.29) is 24.5 Å². The molecule has 4 heteroatoms. The molecule has 0 radical (unpaired) electrons. The Hall–Kier alpha value is -1.84. The Labute approximate surface area is 113 Å². The molecule has 0 N–H and O–H groups in total. The van der Waals surface area contributed by atoms with Gasteiger partial charge in [0.1, 0.15) is 6.61 Å². The minimum Gasteiger partial charge on any atom is -0.445 e. The van der Waals surface area contributed by atoms with Gasteiger partial charge in [-0.2, -0.15) is 0 Å². The molecule has 0 aromatic heterocycles. The molecule has 102 valence electrons. The predicted octanol–water partition coefficient (Wildman–Crippen LogP) is 2.77. The maximum atomic E-state index is 12.0. The summed E-state index contributed by atoms with van der Waals surface area (Å²) in [4.78, 5) is 25.3. The number of nitrogens with zero attached hydrogens (tertiary/aromatic N) is 1. The molecule has 0 spiro atoms. The van der Waals surface area contributed by atoms with Crippen LogP contribution in [0, 0.1) is 0 Å². The number of rotatable bonds is 4. The molecule has 1 aromatic rings. The van der Waals surface area contributed by atoms with E-state index in [1.165, 1.54) is 0 Å². The molecule has 1 atom stereocenters. The maximum Gasteiger partial charge on any atom is 0.410 e. The summed E-state index contributed by atoms with van der Waals surface area (Å²) in [5.74, 6) is 0.120. The minimum atomic E-state index is -0.381. The quantitative estimate of drug-likeness (QED) is 0.837. The van der Waals surface area contributed by atoms with Crippen molar-refractivity contribution in [1.29, 1.82) is 0 Å². The minimum absolute atomic E-state index is 0.120. The van der Waals surface area contributed by atoms with E-state index in [4.69, 9.17) is 4.74 Å². The van der Waals surface area contributed by atoms with E-state index in [0.29, 0.717) is 13.0 Å². The van der Waals surface area contributed by atoms with E-state index >= 15 is 0 Å². The van der Waals surface area contributed by atoms with Crippen LogP contribution in [-0.2, 0) is 16.1 Å². The first kappa shape index (κ1) is 13.6. The Bertz CT molecular complexity index is 444. The molecule has 1 unspecified atom stereocenters. The van der Waals surface area contributed by atoms with Crippen molar-refractivity contribution in [3.63, 3.8) is 0 Å². The number of ether oxygens (including phenoxy) is 1. The second kappa shape index (κ2) is 6.36. The van der Waals surface area contributed by atoms with E-state index in [9.17, 15) is 9.59 Å². The highest BCUT2D eigenvalue weighted by Crippen LogP contribution is 2.20. The van der Waals surface area contributed by atoms with Crippen molar-refractivity contribution in [1.82, 2.24) is 4.90 Å². The molecule has 1 saturated heterocycles. The molecule has 19 heavy (non-hydrogen) atoms. The molecule has 1 aliphatic rings. The molecule has 1 aromatic carbocycles. The first-order valence-electron chi connectivity index (χ1n) is 6.72. The number of hydrogen-bond acceptors (Lipinski definition) is 3. The highest BCUT2D eigenvalue weighted by Gasteiger charge is 2.33. The van der Waals surface area contributed by atoms with Gasteiger partial charge in [-0.1, -0.05) is 37.3 Å². The summed E-state index contributed by atoms with van der Waals surface area (Å²) >= 11 is 0. The normalized spacial score (nSPS) is 18.4. The van der Waals surface area contributed by atoms with E-state index < -0.39 is 0 Å². The Morgan fingerprint density at radius 2 is 2.05 bits per heavy atom. The van der Waals surface area contributed by atoms with Crippen molar-refractivity contribution in [3.8, 4) is 0 Å². The van der Waals surface area contributed by atoms with Crippen LogP contribution in [0.2, 0.25) is 0 Å². The van der Waals surface area contributed by atoms with Gasteiger partial charge in [0, 0.05) is 13.0 Å². The zero-order valence-corrected chi connectivity index (χ0v) is 11.2. The Morgan fingerprint density at radius 3 is 2.74 bits per heavy atom. The van der Waals surface area contributed by atoms with Crippen LogP contribution in [-0.4, -0.2) is 29.4 Å². The molecule has 1 heterocycles. The van der Waals surface area contributed by atoms with E-state index in [0.717, 1.165) is 18.4 Å². The standard InChI is InChI=1S/C15H19NO3/c1-2-14(17)13-9-6-10-16(13)15(18)19-11-12-7-4-3-5-8-12/h3-5,7-8,13H,2,6,9-11H2,1H3. The van der Waals surface area contributed by atoms with Gasteiger partial charge in [-0.25, -0.2) is 4.79 Å². The highest BCUT2D eigenvalue weighted by atomic mass is 16.6. The fourth-order valence-electron chi connectivity index (χ4n) is 2.36. The maximum absolute atomic E-state index is 12.0.